The minimum atomic E-state index is -4.64. The van der Waals surface area contributed by atoms with Gasteiger partial charge in [0, 0.05) is 6.07 Å². The standard InChI is InChI=1S/C16H13ClF3NO3/c1-23-13-8-14(24-2)12(7-11(13)17)21-15(22)9-5-3-4-6-10(9)16(18,19)20/h3-8H,1-2H3,(H,21,22). The lowest BCUT2D eigenvalue weighted by atomic mass is 10.1. The lowest BCUT2D eigenvalue weighted by molar-refractivity contribution is -0.137. The van der Waals surface area contributed by atoms with Crippen molar-refractivity contribution < 1.29 is 27.4 Å². The first-order chi connectivity index (χ1) is 11.3. The highest BCUT2D eigenvalue weighted by atomic mass is 35.5. The Morgan fingerprint density at radius 1 is 1.08 bits per heavy atom. The van der Waals surface area contributed by atoms with Crippen molar-refractivity contribution in [2.45, 2.75) is 6.18 Å². The Morgan fingerprint density at radius 2 is 1.71 bits per heavy atom. The van der Waals surface area contributed by atoms with Crippen LogP contribution in [0.3, 0.4) is 0 Å². The van der Waals surface area contributed by atoms with Crippen molar-refractivity contribution in [2.24, 2.45) is 0 Å². The molecule has 1 N–H and O–H groups in total. The lowest BCUT2D eigenvalue weighted by Gasteiger charge is -2.15. The molecular formula is C16H13ClF3NO3. The van der Waals surface area contributed by atoms with Crippen LogP contribution in [0.15, 0.2) is 36.4 Å². The largest absolute Gasteiger partial charge is 0.495 e. The van der Waals surface area contributed by atoms with Crippen LogP contribution in [0, 0.1) is 0 Å². The minimum Gasteiger partial charge on any atom is -0.495 e. The van der Waals surface area contributed by atoms with Gasteiger partial charge in [-0.2, -0.15) is 13.2 Å². The van der Waals surface area contributed by atoms with E-state index in [0.717, 1.165) is 12.1 Å². The number of nitrogens with one attached hydrogen (secondary N) is 1. The lowest BCUT2D eigenvalue weighted by Crippen LogP contribution is -2.19. The highest BCUT2D eigenvalue weighted by Gasteiger charge is 2.35. The second-order valence-corrected chi connectivity index (χ2v) is 5.09. The molecule has 0 atom stereocenters. The number of ether oxygens (including phenoxy) is 2. The van der Waals surface area contributed by atoms with Gasteiger partial charge in [0.15, 0.2) is 0 Å². The van der Waals surface area contributed by atoms with Crippen LogP contribution in [0.25, 0.3) is 0 Å². The number of carbonyl (C=O) groups excluding carboxylic acids is 1. The van der Waals surface area contributed by atoms with Gasteiger partial charge >= 0.3 is 6.18 Å². The maximum atomic E-state index is 13.0. The van der Waals surface area contributed by atoms with Gasteiger partial charge in [-0.05, 0) is 18.2 Å². The smallest absolute Gasteiger partial charge is 0.417 e. The van der Waals surface area contributed by atoms with E-state index in [2.05, 4.69) is 5.32 Å². The van der Waals surface area contributed by atoms with Crippen molar-refractivity contribution in [1.82, 2.24) is 0 Å². The molecule has 24 heavy (non-hydrogen) atoms. The average Bonchev–Trinajstić information content (AvgIpc) is 2.54. The molecule has 8 heteroatoms. The Labute approximate surface area is 141 Å². The first kappa shape index (κ1) is 17.9. The Hall–Kier alpha value is -2.41. The van der Waals surface area contributed by atoms with Crippen LogP contribution in [-0.2, 0) is 6.18 Å². The fourth-order valence-electron chi connectivity index (χ4n) is 2.08. The number of rotatable bonds is 4. The predicted octanol–water partition coefficient (Wildman–Crippen LogP) is 4.63. The first-order valence-corrected chi connectivity index (χ1v) is 7.04. The van der Waals surface area contributed by atoms with E-state index in [4.69, 9.17) is 21.1 Å². The monoisotopic (exact) mass is 359 g/mol. The van der Waals surface area contributed by atoms with Gasteiger partial charge in [0.2, 0.25) is 0 Å². The molecule has 0 radical (unpaired) electrons. The molecule has 0 aliphatic rings. The highest BCUT2D eigenvalue weighted by Crippen LogP contribution is 2.37. The Kier molecular flexibility index (Phi) is 5.23. The summed E-state index contributed by atoms with van der Waals surface area (Å²) >= 11 is 5.98. The van der Waals surface area contributed by atoms with Gasteiger partial charge in [-0.3, -0.25) is 4.79 Å². The maximum Gasteiger partial charge on any atom is 0.417 e. The number of alkyl halides is 3. The Balaban J connectivity index is 2.40. The van der Waals surface area contributed by atoms with Crippen molar-refractivity contribution in [3.05, 3.63) is 52.5 Å². The molecule has 0 saturated carbocycles. The van der Waals surface area contributed by atoms with E-state index >= 15 is 0 Å². The number of anilines is 1. The summed E-state index contributed by atoms with van der Waals surface area (Å²) in [6.45, 7) is 0. The van der Waals surface area contributed by atoms with Crippen molar-refractivity contribution in [2.75, 3.05) is 19.5 Å². The van der Waals surface area contributed by atoms with Gasteiger partial charge in [0.1, 0.15) is 11.5 Å². The van der Waals surface area contributed by atoms with Gasteiger partial charge in [0.25, 0.3) is 5.91 Å². The first-order valence-electron chi connectivity index (χ1n) is 6.67. The van der Waals surface area contributed by atoms with Crippen LogP contribution in [0.1, 0.15) is 15.9 Å². The number of benzene rings is 2. The fraction of sp³-hybridized carbons (Fsp3) is 0.188. The van der Waals surface area contributed by atoms with E-state index in [0.29, 0.717) is 5.75 Å². The van der Waals surface area contributed by atoms with Crippen LogP contribution in [0.2, 0.25) is 5.02 Å². The molecule has 0 saturated heterocycles. The molecule has 2 aromatic rings. The normalized spacial score (nSPS) is 11.1. The zero-order chi connectivity index (χ0) is 17.9. The molecule has 0 aliphatic heterocycles. The molecule has 0 heterocycles. The fourth-order valence-corrected chi connectivity index (χ4v) is 2.32. The van der Waals surface area contributed by atoms with Crippen molar-refractivity contribution in [3.63, 3.8) is 0 Å². The Bertz CT molecular complexity index is 763. The van der Waals surface area contributed by atoms with Crippen LogP contribution in [0.4, 0.5) is 18.9 Å². The summed E-state index contributed by atoms with van der Waals surface area (Å²) < 4.78 is 49.2. The summed E-state index contributed by atoms with van der Waals surface area (Å²) in [7, 11) is 2.75. The SMILES string of the molecule is COc1cc(OC)c(NC(=O)c2ccccc2C(F)(F)F)cc1Cl. The van der Waals surface area contributed by atoms with Gasteiger partial charge in [-0.1, -0.05) is 23.7 Å². The number of hydrogen-bond donors (Lipinski definition) is 1. The van der Waals surface area contributed by atoms with Gasteiger partial charge in [-0.25, -0.2) is 0 Å². The topological polar surface area (TPSA) is 47.6 Å². The molecule has 0 aliphatic carbocycles. The van der Waals surface area contributed by atoms with Crippen LogP contribution in [0.5, 0.6) is 11.5 Å². The van der Waals surface area contributed by atoms with Crippen LogP contribution in [-0.4, -0.2) is 20.1 Å². The van der Waals surface area contributed by atoms with Gasteiger partial charge in [0.05, 0.1) is 36.1 Å². The van der Waals surface area contributed by atoms with Gasteiger partial charge < -0.3 is 14.8 Å². The van der Waals surface area contributed by atoms with E-state index in [1.54, 1.807) is 0 Å². The molecule has 0 bridgehead atoms. The number of amides is 1. The summed E-state index contributed by atoms with van der Waals surface area (Å²) in [6.07, 6.45) is -4.64. The summed E-state index contributed by atoms with van der Waals surface area (Å²) in [4.78, 5) is 12.3. The van der Waals surface area contributed by atoms with E-state index in [1.165, 1.54) is 38.5 Å². The molecule has 0 fully saturated rings. The third kappa shape index (κ3) is 3.73. The third-order valence-electron chi connectivity index (χ3n) is 3.20. The van der Waals surface area contributed by atoms with E-state index in [1.807, 2.05) is 0 Å². The Morgan fingerprint density at radius 3 is 2.29 bits per heavy atom. The number of hydrogen-bond acceptors (Lipinski definition) is 3. The van der Waals surface area contributed by atoms with Crippen molar-refractivity contribution in [3.8, 4) is 11.5 Å². The quantitative estimate of drug-likeness (QED) is 0.866. The summed E-state index contributed by atoms with van der Waals surface area (Å²) in [5.74, 6) is -0.418. The van der Waals surface area contributed by atoms with E-state index in [-0.39, 0.29) is 16.5 Å². The molecule has 128 valence electrons. The third-order valence-corrected chi connectivity index (χ3v) is 3.49. The molecule has 0 spiro atoms. The van der Waals surface area contributed by atoms with Crippen LogP contribution < -0.4 is 14.8 Å². The number of carbonyl (C=O) groups is 1. The highest BCUT2D eigenvalue weighted by molar-refractivity contribution is 6.32. The molecule has 2 aromatic carbocycles. The predicted molar refractivity (Wildman–Crippen MR) is 84.0 cm³/mol. The summed E-state index contributed by atoms with van der Waals surface area (Å²) in [5, 5.41) is 2.56. The van der Waals surface area contributed by atoms with E-state index < -0.39 is 23.2 Å². The second kappa shape index (κ2) is 7.00. The molecule has 0 aromatic heterocycles. The molecular weight excluding hydrogens is 347 g/mol. The average molecular weight is 360 g/mol. The molecule has 1 amide bonds. The van der Waals surface area contributed by atoms with Crippen molar-refractivity contribution >= 4 is 23.2 Å². The minimum absolute atomic E-state index is 0.130. The zero-order valence-electron chi connectivity index (χ0n) is 12.7. The molecule has 0 unspecified atom stereocenters. The number of methoxy groups -OCH3 is 2. The number of halogens is 4. The zero-order valence-corrected chi connectivity index (χ0v) is 13.5. The van der Waals surface area contributed by atoms with Gasteiger partial charge in [-0.15, -0.1) is 0 Å². The second-order valence-electron chi connectivity index (χ2n) is 4.68. The molecule has 2 rings (SSSR count). The molecule has 4 nitrogen and oxygen atoms in total. The summed E-state index contributed by atoms with van der Waals surface area (Å²) in [5.41, 5.74) is -1.40. The summed E-state index contributed by atoms with van der Waals surface area (Å²) in [6, 6.07) is 7.26. The van der Waals surface area contributed by atoms with Crippen LogP contribution >= 0.6 is 11.6 Å². The maximum absolute atomic E-state index is 13.0. The van der Waals surface area contributed by atoms with E-state index in [9.17, 15) is 18.0 Å². The van der Waals surface area contributed by atoms with Crippen molar-refractivity contribution in [1.29, 1.82) is 0 Å².